The Hall–Kier alpha value is -2.77. The van der Waals surface area contributed by atoms with Gasteiger partial charge in [0.2, 0.25) is 17.6 Å². The van der Waals surface area contributed by atoms with Crippen molar-refractivity contribution in [3.63, 3.8) is 0 Å². The summed E-state index contributed by atoms with van der Waals surface area (Å²) in [7, 11) is 0. The molecule has 0 aromatic carbocycles. The predicted molar refractivity (Wildman–Crippen MR) is 183 cm³/mol. The van der Waals surface area contributed by atoms with Gasteiger partial charge in [-0.05, 0) is 77.0 Å². The fourth-order valence-electron chi connectivity index (χ4n) is 7.99. The van der Waals surface area contributed by atoms with Gasteiger partial charge in [0, 0.05) is 12.5 Å². The maximum Gasteiger partial charge on any atom is 0.315 e. The summed E-state index contributed by atoms with van der Waals surface area (Å²) >= 11 is 0. The molecule has 0 radical (unpaired) electrons. The summed E-state index contributed by atoms with van der Waals surface area (Å²) in [5.74, 6) is -3.04. The number of urea groups is 1. The Kier molecular flexibility index (Phi) is 11.5. The molecule has 2 heterocycles. The molecule has 3 unspecified atom stereocenters. The van der Waals surface area contributed by atoms with Crippen molar-refractivity contribution in [2.45, 2.75) is 168 Å². The molecule has 13 heteroatoms. The molecule has 6 N–H and O–H groups in total. The lowest BCUT2D eigenvalue weighted by atomic mass is 9.70. The van der Waals surface area contributed by atoms with E-state index >= 15 is 0 Å². The summed E-state index contributed by atoms with van der Waals surface area (Å²) in [5, 5.41) is 19.7. The number of nitrogens with two attached hydrogens (primary N) is 1. The van der Waals surface area contributed by atoms with E-state index in [9.17, 15) is 29.1 Å². The van der Waals surface area contributed by atoms with Gasteiger partial charge in [-0.15, -0.1) is 0 Å². The quantitative estimate of drug-likeness (QED) is 0.153. The summed E-state index contributed by atoms with van der Waals surface area (Å²) in [5.41, 5.74) is 2.95. The fourth-order valence-corrected chi connectivity index (χ4v) is 7.99. The zero-order valence-electron chi connectivity index (χ0n) is 31.0. The van der Waals surface area contributed by atoms with Crippen molar-refractivity contribution in [3.05, 3.63) is 0 Å². The molecule has 5 amide bonds. The lowest BCUT2D eigenvalue weighted by molar-refractivity contribution is -0.191. The number of nitrogens with one attached hydrogen (secondary N) is 3. The van der Waals surface area contributed by atoms with E-state index in [2.05, 4.69) is 16.0 Å². The SMILES string of the molecule is CC(C)(C)OC(O)[C@@H](NC(=O)N[C@H](C(=O)N1C[C@@H]2OC(C)(C)C[C@@H]2C1C(=O)NC(CC1CC1)C(=O)C(N)=O)C1(C)CCCCC1)C(C)(C)C. The highest BCUT2D eigenvalue weighted by molar-refractivity contribution is 6.37. The average molecular weight is 692 g/mol. The van der Waals surface area contributed by atoms with Crippen molar-refractivity contribution in [3.8, 4) is 0 Å². The number of rotatable bonds is 12. The van der Waals surface area contributed by atoms with Gasteiger partial charge in [0.15, 0.2) is 6.29 Å². The van der Waals surface area contributed by atoms with Gasteiger partial charge in [-0.1, -0.05) is 59.8 Å². The van der Waals surface area contributed by atoms with E-state index in [4.69, 9.17) is 15.2 Å². The highest BCUT2D eigenvalue weighted by Crippen LogP contribution is 2.45. The molecule has 0 aromatic heterocycles. The Morgan fingerprint density at radius 2 is 1.57 bits per heavy atom. The van der Waals surface area contributed by atoms with Gasteiger partial charge in [0.05, 0.1) is 29.4 Å². The molecule has 2 aliphatic heterocycles. The van der Waals surface area contributed by atoms with Crippen LogP contribution >= 0.6 is 0 Å². The fraction of sp³-hybridized carbons (Fsp3) is 0.861. The maximum atomic E-state index is 14.8. The summed E-state index contributed by atoms with van der Waals surface area (Å²) in [6.45, 7) is 17.1. The highest BCUT2D eigenvalue weighted by Gasteiger charge is 2.57. The first-order valence-electron chi connectivity index (χ1n) is 18.1. The number of aliphatic hydroxyl groups is 1. The second kappa shape index (κ2) is 14.5. The summed E-state index contributed by atoms with van der Waals surface area (Å²) in [4.78, 5) is 69.1. The van der Waals surface area contributed by atoms with Crippen LogP contribution in [-0.2, 0) is 28.7 Å². The van der Waals surface area contributed by atoms with E-state index in [0.29, 0.717) is 25.7 Å². The van der Waals surface area contributed by atoms with Crippen LogP contribution in [0.5, 0.6) is 0 Å². The number of ether oxygens (including phenoxy) is 2. The summed E-state index contributed by atoms with van der Waals surface area (Å²) in [6, 6.07) is -4.49. The Balaban J connectivity index is 1.63. The molecule has 13 nitrogen and oxygen atoms in total. The maximum absolute atomic E-state index is 14.8. The number of ketones is 1. The van der Waals surface area contributed by atoms with Crippen LogP contribution in [0.1, 0.15) is 120 Å². The average Bonchev–Trinajstić information content (AvgIpc) is 3.64. The number of likely N-dealkylation sites (tertiary alicyclic amines) is 1. The van der Waals surface area contributed by atoms with Crippen LogP contribution in [0, 0.1) is 22.7 Å². The Morgan fingerprint density at radius 3 is 2.10 bits per heavy atom. The number of carbonyl (C=O) groups is 5. The molecule has 278 valence electrons. The predicted octanol–water partition coefficient (Wildman–Crippen LogP) is 2.91. The second-order valence-corrected chi connectivity index (χ2v) is 17.9. The third kappa shape index (κ3) is 9.72. The van der Waals surface area contributed by atoms with Crippen LogP contribution in [0.3, 0.4) is 0 Å². The van der Waals surface area contributed by atoms with Gasteiger partial charge in [0.1, 0.15) is 12.1 Å². The van der Waals surface area contributed by atoms with Crippen molar-refractivity contribution >= 4 is 29.5 Å². The zero-order valence-corrected chi connectivity index (χ0v) is 31.0. The molecule has 7 atom stereocenters. The third-order valence-corrected chi connectivity index (χ3v) is 10.7. The lowest BCUT2D eigenvalue weighted by Gasteiger charge is -2.43. The van der Waals surface area contributed by atoms with Crippen LogP contribution in [-0.4, -0.2) is 93.9 Å². The first kappa shape index (κ1) is 39.0. The van der Waals surface area contributed by atoms with Crippen LogP contribution in [0.2, 0.25) is 0 Å². The molecular formula is C36H61N5O8. The zero-order chi connectivity index (χ0) is 36.7. The lowest BCUT2D eigenvalue weighted by Crippen LogP contribution is -2.64. The molecule has 2 saturated heterocycles. The van der Waals surface area contributed by atoms with Gasteiger partial charge in [-0.25, -0.2) is 4.79 Å². The summed E-state index contributed by atoms with van der Waals surface area (Å²) in [6.07, 6.45) is 5.06. The minimum absolute atomic E-state index is 0.140. The van der Waals surface area contributed by atoms with Crippen LogP contribution < -0.4 is 21.7 Å². The van der Waals surface area contributed by atoms with E-state index in [1.54, 1.807) is 0 Å². The van der Waals surface area contributed by atoms with Gasteiger partial charge in [-0.2, -0.15) is 0 Å². The van der Waals surface area contributed by atoms with E-state index in [1.165, 1.54) is 4.90 Å². The number of aliphatic hydroxyl groups excluding tert-OH is 1. The van der Waals surface area contributed by atoms with Gasteiger partial charge in [0.25, 0.3) is 5.91 Å². The molecule has 0 bridgehead atoms. The molecule has 49 heavy (non-hydrogen) atoms. The monoisotopic (exact) mass is 691 g/mol. The number of amides is 5. The molecule has 4 fully saturated rings. The van der Waals surface area contributed by atoms with E-state index in [0.717, 1.165) is 32.1 Å². The van der Waals surface area contributed by atoms with Crippen molar-refractivity contribution in [2.75, 3.05) is 6.54 Å². The molecule has 0 aromatic rings. The van der Waals surface area contributed by atoms with Gasteiger partial charge in [-0.3, -0.25) is 19.2 Å². The first-order chi connectivity index (χ1) is 22.5. The number of Topliss-reactive ketones (excluding diaryl/α,β-unsaturated/α-hetero) is 1. The Bertz CT molecular complexity index is 1260. The third-order valence-electron chi connectivity index (χ3n) is 10.7. The molecule has 4 aliphatic rings. The van der Waals surface area contributed by atoms with E-state index < -0.39 is 88.1 Å². The highest BCUT2D eigenvalue weighted by atomic mass is 16.6. The minimum Gasteiger partial charge on any atom is -0.370 e. The van der Waals surface area contributed by atoms with Gasteiger partial charge >= 0.3 is 6.03 Å². The second-order valence-electron chi connectivity index (χ2n) is 17.9. The minimum atomic E-state index is -1.32. The van der Waals surface area contributed by atoms with E-state index in [-0.39, 0.29) is 18.4 Å². The molecule has 0 spiro atoms. The summed E-state index contributed by atoms with van der Waals surface area (Å²) < 4.78 is 12.1. The van der Waals surface area contributed by atoms with Crippen LogP contribution in [0.4, 0.5) is 4.79 Å². The Morgan fingerprint density at radius 1 is 0.959 bits per heavy atom. The topological polar surface area (TPSA) is 189 Å². The number of fused-ring (bicyclic) bond motifs is 1. The standard InChI is InChI=1S/C36H61N5O8/c1-33(2,3)27(31(46)49-34(4,5)6)40-32(47)39-26(36(9)15-11-10-12-16-36)30(45)41-19-23-21(18-35(7,8)48-23)24(41)29(44)38-22(17-20-13-14-20)25(42)28(37)43/h20-24,26-27,31,46H,10-19H2,1-9H3,(H2,37,43)(H,38,44)(H2,39,40,47)/t21-,22?,23-,24?,26+,27+,31?/m0/s1. The number of primary amides is 1. The van der Waals surface area contributed by atoms with Crippen LogP contribution in [0.25, 0.3) is 0 Å². The van der Waals surface area contributed by atoms with Gasteiger partial charge < -0.3 is 41.2 Å². The molecule has 2 aliphatic carbocycles. The molecule has 4 rings (SSSR count). The van der Waals surface area contributed by atoms with Crippen molar-refractivity contribution in [1.82, 2.24) is 20.9 Å². The number of hydrogen-bond donors (Lipinski definition) is 5. The van der Waals surface area contributed by atoms with Crippen molar-refractivity contribution in [2.24, 2.45) is 28.4 Å². The molecule has 2 saturated carbocycles. The smallest absolute Gasteiger partial charge is 0.315 e. The Labute approximate surface area is 291 Å². The van der Waals surface area contributed by atoms with Crippen molar-refractivity contribution in [1.29, 1.82) is 0 Å². The van der Waals surface area contributed by atoms with Crippen molar-refractivity contribution < 1.29 is 38.6 Å². The first-order valence-corrected chi connectivity index (χ1v) is 18.1. The largest absolute Gasteiger partial charge is 0.370 e. The number of hydrogen-bond acceptors (Lipinski definition) is 8. The normalized spacial score (nSPS) is 27.3. The van der Waals surface area contributed by atoms with E-state index in [1.807, 2.05) is 62.3 Å². The van der Waals surface area contributed by atoms with Crippen LogP contribution in [0.15, 0.2) is 0 Å². The number of carbonyl (C=O) groups excluding carboxylic acids is 5. The number of nitrogens with zero attached hydrogens (tertiary/aromatic N) is 1. The molecular weight excluding hydrogens is 630 g/mol.